The van der Waals surface area contributed by atoms with Crippen LogP contribution in [-0.4, -0.2) is 24.3 Å². The third kappa shape index (κ3) is 5.39. The van der Waals surface area contributed by atoms with Gasteiger partial charge in [0.15, 0.2) is 6.61 Å². The molecule has 0 atom stereocenters. The Labute approximate surface area is 167 Å². The Morgan fingerprint density at radius 3 is 2.62 bits per heavy atom. The van der Waals surface area contributed by atoms with Crippen LogP contribution in [0.2, 0.25) is 5.02 Å². The molecule has 140 valence electrons. The summed E-state index contributed by atoms with van der Waals surface area (Å²) < 4.78 is 11.1. The molecule has 0 amide bonds. The van der Waals surface area contributed by atoms with Gasteiger partial charge in [0.25, 0.3) is 0 Å². The van der Waals surface area contributed by atoms with Gasteiger partial charge in [0.1, 0.15) is 11.5 Å². The smallest absolute Gasteiger partial charge is 0.344 e. The molecule has 2 rings (SSSR count). The predicted molar refractivity (Wildman–Crippen MR) is 106 cm³/mol. The van der Waals surface area contributed by atoms with Crippen molar-refractivity contribution in [1.82, 2.24) is 0 Å². The second kappa shape index (κ2) is 9.28. The van der Waals surface area contributed by atoms with E-state index in [2.05, 4.69) is 15.9 Å². The Morgan fingerprint density at radius 1 is 1.27 bits per heavy atom. The first kappa shape index (κ1) is 20.6. The zero-order valence-electron chi connectivity index (χ0n) is 15.0. The van der Waals surface area contributed by atoms with Gasteiger partial charge in [-0.25, -0.2) is 4.79 Å². The molecule has 0 saturated heterocycles. The average Bonchev–Trinajstić information content (AvgIpc) is 2.57. The SMILES string of the molecule is CCOC(=O)COc1cc(Cl)c(Cc2ccc(O)c(C(C)C)c2)c(Br)c1. The van der Waals surface area contributed by atoms with Crippen LogP contribution in [0.15, 0.2) is 34.8 Å². The van der Waals surface area contributed by atoms with E-state index in [9.17, 15) is 9.90 Å². The number of carbonyl (C=O) groups excluding carboxylic acids is 1. The van der Waals surface area contributed by atoms with Crippen LogP contribution in [0, 0.1) is 0 Å². The van der Waals surface area contributed by atoms with Gasteiger partial charge in [-0.3, -0.25) is 0 Å². The van der Waals surface area contributed by atoms with Crippen LogP contribution in [0.4, 0.5) is 0 Å². The van der Waals surface area contributed by atoms with E-state index in [-0.39, 0.29) is 12.5 Å². The molecular weight excluding hydrogens is 420 g/mol. The topological polar surface area (TPSA) is 55.8 Å². The number of ether oxygens (including phenoxy) is 2. The highest BCUT2D eigenvalue weighted by Crippen LogP contribution is 2.34. The van der Waals surface area contributed by atoms with E-state index in [4.69, 9.17) is 21.1 Å². The van der Waals surface area contributed by atoms with Gasteiger partial charge in [0, 0.05) is 15.9 Å². The molecule has 0 fully saturated rings. The largest absolute Gasteiger partial charge is 0.508 e. The van der Waals surface area contributed by atoms with Crippen molar-refractivity contribution in [3.8, 4) is 11.5 Å². The lowest BCUT2D eigenvalue weighted by molar-refractivity contribution is -0.145. The summed E-state index contributed by atoms with van der Waals surface area (Å²) in [6.07, 6.45) is 0.609. The number of hydrogen-bond donors (Lipinski definition) is 1. The van der Waals surface area contributed by atoms with Crippen molar-refractivity contribution >= 4 is 33.5 Å². The summed E-state index contributed by atoms with van der Waals surface area (Å²) in [4.78, 5) is 11.4. The Hall–Kier alpha value is -1.72. The third-order valence-corrected chi connectivity index (χ3v) is 4.92. The van der Waals surface area contributed by atoms with Crippen LogP contribution in [0.5, 0.6) is 11.5 Å². The maximum absolute atomic E-state index is 11.4. The molecule has 0 heterocycles. The van der Waals surface area contributed by atoms with Gasteiger partial charge in [-0.2, -0.15) is 0 Å². The zero-order valence-corrected chi connectivity index (χ0v) is 17.4. The molecule has 0 unspecified atom stereocenters. The second-order valence-corrected chi connectivity index (χ2v) is 7.45. The molecule has 0 radical (unpaired) electrons. The molecule has 0 aliphatic rings. The fraction of sp³-hybridized carbons (Fsp3) is 0.350. The summed E-state index contributed by atoms with van der Waals surface area (Å²) >= 11 is 9.94. The number of halogens is 2. The monoisotopic (exact) mass is 440 g/mol. The summed E-state index contributed by atoms with van der Waals surface area (Å²) in [5.41, 5.74) is 2.87. The van der Waals surface area contributed by atoms with E-state index in [0.29, 0.717) is 29.5 Å². The summed E-state index contributed by atoms with van der Waals surface area (Å²) in [5.74, 6) is 0.602. The van der Waals surface area contributed by atoms with Crippen molar-refractivity contribution in [2.45, 2.75) is 33.1 Å². The molecule has 4 nitrogen and oxygen atoms in total. The van der Waals surface area contributed by atoms with Crippen molar-refractivity contribution in [2.24, 2.45) is 0 Å². The highest BCUT2D eigenvalue weighted by molar-refractivity contribution is 9.10. The molecule has 0 saturated carbocycles. The van der Waals surface area contributed by atoms with E-state index < -0.39 is 5.97 Å². The molecule has 0 aliphatic carbocycles. The maximum atomic E-state index is 11.4. The summed E-state index contributed by atoms with van der Waals surface area (Å²) in [6.45, 7) is 5.98. The first-order valence-electron chi connectivity index (χ1n) is 8.40. The Balaban J connectivity index is 2.18. The minimum Gasteiger partial charge on any atom is -0.508 e. The zero-order chi connectivity index (χ0) is 19.3. The lowest BCUT2D eigenvalue weighted by atomic mass is 9.96. The van der Waals surface area contributed by atoms with E-state index in [0.717, 1.165) is 21.2 Å². The summed E-state index contributed by atoms with van der Waals surface area (Å²) in [6, 6.07) is 9.06. The van der Waals surface area contributed by atoms with Gasteiger partial charge in [0.05, 0.1) is 6.61 Å². The highest BCUT2D eigenvalue weighted by atomic mass is 79.9. The number of rotatable bonds is 7. The summed E-state index contributed by atoms with van der Waals surface area (Å²) in [7, 11) is 0. The number of aromatic hydroxyl groups is 1. The number of carbonyl (C=O) groups is 1. The lowest BCUT2D eigenvalue weighted by Gasteiger charge is -2.14. The first-order valence-corrected chi connectivity index (χ1v) is 9.57. The van der Waals surface area contributed by atoms with Gasteiger partial charge in [-0.1, -0.05) is 53.5 Å². The van der Waals surface area contributed by atoms with Gasteiger partial charge in [-0.05, 0) is 47.7 Å². The third-order valence-electron chi connectivity index (χ3n) is 3.87. The predicted octanol–water partition coefficient (Wildman–Crippen LogP) is 5.46. The van der Waals surface area contributed by atoms with E-state index in [1.54, 1.807) is 25.1 Å². The number of benzene rings is 2. The van der Waals surface area contributed by atoms with E-state index in [1.807, 2.05) is 26.0 Å². The maximum Gasteiger partial charge on any atom is 0.344 e. The summed E-state index contributed by atoms with van der Waals surface area (Å²) in [5, 5.41) is 10.5. The van der Waals surface area contributed by atoms with Crippen molar-refractivity contribution in [3.63, 3.8) is 0 Å². The van der Waals surface area contributed by atoms with E-state index in [1.165, 1.54) is 0 Å². The van der Waals surface area contributed by atoms with Gasteiger partial charge in [-0.15, -0.1) is 0 Å². The van der Waals surface area contributed by atoms with E-state index >= 15 is 0 Å². The quantitative estimate of drug-likeness (QED) is 0.579. The molecule has 0 aromatic heterocycles. The normalized spacial score (nSPS) is 10.8. The van der Waals surface area contributed by atoms with Crippen LogP contribution < -0.4 is 4.74 Å². The Morgan fingerprint density at radius 2 is 2.00 bits per heavy atom. The Kier molecular flexibility index (Phi) is 7.35. The molecule has 2 aromatic rings. The fourth-order valence-electron chi connectivity index (χ4n) is 2.56. The molecule has 0 spiro atoms. The van der Waals surface area contributed by atoms with Crippen molar-refractivity contribution in [1.29, 1.82) is 0 Å². The van der Waals surface area contributed by atoms with Crippen molar-refractivity contribution in [2.75, 3.05) is 13.2 Å². The van der Waals surface area contributed by atoms with Crippen LogP contribution in [0.25, 0.3) is 0 Å². The van der Waals surface area contributed by atoms with Crippen LogP contribution in [-0.2, 0) is 16.0 Å². The minimum absolute atomic E-state index is 0.161. The van der Waals surface area contributed by atoms with Gasteiger partial charge >= 0.3 is 5.97 Å². The molecular formula is C20H22BrClO4. The van der Waals surface area contributed by atoms with Gasteiger partial charge in [0.2, 0.25) is 0 Å². The molecule has 0 aliphatic heterocycles. The number of hydrogen-bond acceptors (Lipinski definition) is 4. The number of esters is 1. The number of phenolic OH excluding ortho intramolecular Hbond substituents is 1. The Bertz CT molecular complexity index is 766. The van der Waals surface area contributed by atoms with Crippen LogP contribution >= 0.6 is 27.5 Å². The molecule has 2 aromatic carbocycles. The second-order valence-electron chi connectivity index (χ2n) is 6.18. The standard InChI is InChI=1S/C20H22BrClO4/c1-4-25-20(24)11-26-14-9-17(21)16(18(22)10-14)8-13-5-6-19(23)15(7-13)12(2)3/h5-7,9-10,12,23H,4,8,11H2,1-3H3. The highest BCUT2D eigenvalue weighted by Gasteiger charge is 2.13. The van der Waals surface area contributed by atoms with Gasteiger partial charge < -0.3 is 14.6 Å². The molecule has 6 heteroatoms. The lowest BCUT2D eigenvalue weighted by Crippen LogP contribution is -2.14. The first-order chi connectivity index (χ1) is 12.3. The molecule has 0 bridgehead atoms. The fourth-order valence-corrected chi connectivity index (χ4v) is 3.53. The number of phenols is 1. The van der Waals surface area contributed by atoms with Crippen LogP contribution in [0.3, 0.4) is 0 Å². The molecule has 1 N–H and O–H groups in total. The minimum atomic E-state index is -0.422. The van der Waals surface area contributed by atoms with Crippen LogP contribution in [0.1, 0.15) is 43.4 Å². The van der Waals surface area contributed by atoms with Crippen molar-refractivity contribution in [3.05, 3.63) is 56.5 Å². The van der Waals surface area contributed by atoms with Crippen molar-refractivity contribution < 1.29 is 19.4 Å². The molecule has 26 heavy (non-hydrogen) atoms. The average molecular weight is 442 g/mol.